The molecule has 3 rings (SSSR count). The van der Waals surface area contributed by atoms with Gasteiger partial charge < -0.3 is 14.0 Å². The molecule has 94 valence electrons. The average molecular weight is 238 g/mol. The summed E-state index contributed by atoms with van der Waals surface area (Å²) >= 11 is 0. The van der Waals surface area contributed by atoms with Crippen molar-refractivity contribution in [1.82, 2.24) is 19.7 Å². The number of likely N-dealkylation sites (tertiary alicyclic amines) is 1. The second kappa shape index (κ2) is 4.36. The normalized spacial score (nSPS) is 24.5. The third-order valence-corrected chi connectivity index (χ3v) is 3.60. The van der Waals surface area contributed by atoms with Gasteiger partial charge in [-0.15, -0.1) is 10.2 Å². The van der Waals surface area contributed by atoms with Gasteiger partial charge in [0.15, 0.2) is 5.79 Å². The van der Waals surface area contributed by atoms with Crippen molar-refractivity contribution >= 4 is 0 Å². The zero-order valence-electron chi connectivity index (χ0n) is 10.1. The minimum absolute atomic E-state index is 0.281. The van der Waals surface area contributed by atoms with Crippen LogP contribution in [0.3, 0.4) is 0 Å². The maximum absolute atomic E-state index is 5.71. The van der Waals surface area contributed by atoms with Gasteiger partial charge in [0.05, 0.1) is 19.8 Å². The van der Waals surface area contributed by atoms with Crippen molar-refractivity contribution in [2.24, 2.45) is 7.05 Å². The Hall–Kier alpha value is -0.980. The molecule has 6 nitrogen and oxygen atoms in total. The molecule has 0 aliphatic carbocycles. The molecule has 2 aliphatic rings. The summed E-state index contributed by atoms with van der Waals surface area (Å²) in [6.07, 6.45) is 3.64. The molecule has 0 unspecified atom stereocenters. The van der Waals surface area contributed by atoms with Gasteiger partial charge in [-0.1, -0.05) is 0 Å². The number of aromatic nitrogens is 3. The number of rotatable bonds is 2. The van der Waals surface area contributed by atoms with E-state index in [2.05, 4.69) is 15.1 Å². The van der Waals surface area contributed by atoms with E-state index in [0.717, 1.165) is 51.5 Å². The molecule has 1 spiro atoms. The van der Waals surface area contributed by atoms with Crippen LogP contribution in [0.5, 0.6) is 0 Å². The Kier molecular flexibility index (Phi) is 2.85. The molecule has 2 fully saturated rings. The van der Waals surface area contributed by atoms with Crippen LogP contribution in [0.25, 0.3) is 0 Å². The lowest BCUT2D eigenvalue weighted by molar-refractivity contribution is -0.186. The molecule has 2 aliphatic heterocycles. The van der Waals surface area contributed by atoms with E-state index in [9.17, 15) is 0 Å². The SMILES string of the molecule is Cn1cnnc1CN1CCC2(CC1)OCCO2. The third-order valence-electron chi connectivity index (χ3n) is 3.60. The van der Waals surface area contributed by atoms with Gasteiger partial charge >= 0.3 is 0 Å². The van der Waals surface area contributed by atoms with Crippen LogP contribution in [0.2, 0.25) is 0 Å². The molecule has 0 N–H and O–H groups in total. The lowest BCUT2D eigenvalue weighted by Crippen LogP contribution is -2.44. The Morgan fingerprint density at radius 3 is 2.59 bits per heavy atom. The van der Waals surface area contributed by atoms with Crippen LogP contribution in [0.1, 0.15) is 18.7 Å². The molecular weight excluding hydrogens is 220 g/mol. The van der Waals surface area contributed by atoms with Gasteiger partial charge in [-0.25, -0.2) is 0 Å². The van der Waals surface area contributed by atoms with Crippen molar-refractivity contribution in [1.29, 1.82) is 0 Å². The molecule has 0 atom stereocenters. The predicted octanol–water partition coefficient (Wildman–Crippen LogP) is 0.154. The number of aryl methyl sites for hydroxylation is 1. The Labute approximate surface area is 101 Å². The van der Waals surface area contributed by atoms with Gasteiger partial charge in [0.2, 0.25) is 0 Å². The van der Waals surface area contributed by atoms with Gasteiger partial charge in [0.25, 0.3) is 0 Å². The molecular formula is C11H18N4O2. The smallest absolute Gasteiger partial charge is 0.170 e. The fourth-order valence-electron chi connectivity index (χ4n) is 2.49. The van der Waals surface area contributed by atoms with Gasteiger partial charge in [0.1, 0.15) is 12.2 Å². The zero-order chi connectivity index (χ0) is 11.7. The largest absolute Gasteiger partial charge is 0.347 e. The maximum Gasteiger partial charge on any atom is 0.170 e. The first-order valence-electron chi connectivity index (χ1n) is 6.11. The van der Waals surface area contributed by atoms with E-state index in [1.807, 2.05) is 11.6 Å². The van der Waals surface area contributed by atoms with Crippen molar-refractivity contribution in [3.05, 3.63) is 12.2 Å². The minimum Gasteiger partial charge on any atom is -0.347 e. The summed E-state index contributed by atoms with van der Waals surface area (Å²) in [7, 11) is 1.98. The molecule has 0 aromatic carbocycles. The molecule has 0 radical (unpaired) electrons. The summed E-state index contributed by atoms with van der Waals surface area (Å²) in [6, 6.07) is 0. The fraction of sp³-hybridized carbons (Fsp3) is 0.818. The van der Waals surface area contributed by atoms with Crippen molar-refractivity contribution in [3.8, 4) is 0 Å². The van der Waals surface area contributed by atoms with Crippen LogP contribution in [-0.2, 0) is 23.1 Å². The highest BCUT2D eigenvalue weighted by Gasteiger charge is 2.39. The standard InChI is InChI=1S/C11H18N4O2/c1-14-9-12-13-10(14)8-15-4-2-11(3-5-15)16-6-7-17-11/h9H,2-8H2,1H3. The molecule has 17 heavy (non-hydrogen) atoms. The third kappa shape index (κ3) is 2.20. The van der Waals surface area contributed by atoms with Crippen LogP contribution in [0.15, 0.2) is 6.33 Å². The van der Waals surface area contributed by atoms with E-state index in [1.54, 1.807) is 6.33 Å². The van der Waals surface area contributed by atoms with Gasteiger partial charge in [0, 0.05) is 33.0 Å². The van der Waals surface area contributed by atoms with Gasteiger partial charge in [-0.3, -0.25) is 4.90 Å². The summed E-state index contributed by atoms with van der Waals surface area (Å²) in [4.78, 5) is 2.38. The first kappa shape index (κ1) is 11.1. The summed E-state index contributed by atoms with van der Waals surface area (Å²) < 4.78 is 13.4. The second-order valence-electron chi connectivity index (χ2n) is 4.74. The monoisotopic (exact) mass is 238 g/mol. The van der Waals surface area contributed by atoms with E-state index in [4.69, 9.17) is 9.47 Å². The van der Waals surface area contributed by atoms with Crippen LogP contribution in [0.4, 0.5) is 0 Å². The Morgan fingerprint density at radius 1 is 1.29 bits per heavy atom. The van der Waals surface area contributed by atoms with Gasteiger partial charge in [-0.05, 0) is 0 Å². The number of hydrogen-bond acceptors (Lipinski definition) is 5. The van der Waals surface area contributed by atoms with E-state index in [0.29, 0.717) is 0 Å². The topological polar surface area (TPSA) is 52.4 Å². The highest BCUT2D eigenvalue weighted by molar-refractivity contribution is 4.88. The first-order chi connectivity index (χ1) is 8.27. The summed E-state index contributed by atoms with van der Waals surface area (Å²) in [5.41, 5.74) is 0. The quantitative estimate of drug-likeness (QED) is 0.734. The lowest BCUT2D eigenvalue weighted by atomic mass is 10.0. The molecule has 2 saturated heterocycles. The fourth-order valence-corrected chi connectivity index (χ4v) is 2.49. The van der Waals surface area contributed by atoms with Gasteiger partial charge in [-0.2, -0.15) is 0 Å². The van der Waals surface area contributed by atoms with Crippen molar-refractivity contribution < 1.29 is 9.47 Å². The maximum atomic E-state index is 5.71. The van der Waals surface area contributed by atoms with Crippen molar-refractivity contribution in [3.63, 3.8) is 0 Å². The number of hydrogen-bond donors (Lipinski definition) is 0. The average Bonchev–Trinajstić information content (AvgIpc) is 2.94. The molecule has 1 aromatic rings. The molecule has 3 heterocycles. The first-order valence-corrected chi connectivity index (χ1v) is 6.11. The highest BCUT2D eigenvalue weighted by Crippen LogP contribution is 2.31. The number of ether oxygens (including phenoxy) is 2. The van der Waals surface area contributed by atoms with Crippen LogP contribution in [-0.4, -0.2) is 51.8 Å². The molecule has 0 bridgehead atoms. The minimum atomic E-state index is -0.281. The lowest BCUT2D eigenvalue weighted by Gasteiger charge is -2.37. The summed E-state index contributed by atoms with van der Waals surface area (Å²) in [5.74, 6) is 0.727. The second-order valence-corrected chi connectivity index (χ2v) is 4.74. The Morgan fingerprint density at radius 2 is 2.00 bits per heavy atom. The molecule has 0 amide bonds. The molecule has 6 heteroatoms. The number of piperidine rings is 1. The number of nitrogens with zero attached hydrogens (tertiary/aromatic N) is 4. The predicted molar refractivity (Wildman–Crippen MR) is 60.1 cm³/mol. The van der Waals surface area contributed by atoms with Crippen LogP contribution in [0, 0.1) is 0 Å². The Bertz CT molecular complexity index is 377. The zero-order valence-corrected chi connectivity index (χ0v) is 10.1. The van der Waals surface area contributed by atoms with E-state index < -0.39 is 0 Å². The van der Waals surface area contributed by atoms with Crippen molar-refractivity contribution in [2.45, 2.75) is 25.2 Å². The van der Waals surface area contributed by atoms with E-state index in [1.165, 1.54) is 0 Å². The van der Waals surface area contributed by atoms with E-state index in [-0.39, 0.29) is 5.79 Å². The highest BCUT2D eigenvalue weighted by atomic mass is 16.7. The van der Waals surface area contributed by atoms with Crippen molar-refractivity contribution in [2.75, 3.05) is 26.3 Å². The summed E-state index contributed by atoms with van der Waals surface area (Å²) in [5, 5.41) is 8.00. The van der Waals surface area contributed by atoms with Crippen LogP contribution < -0.4 is 0 Å². The Balaban J connectivity index is 1.56. The molecule has 0 saturated carbocycles. The van der Waals surface area contributed by atoms with E-state index >= 15 is 0 Å². The molecule has 1 aromatic heterocycles. The van der Waals surface area contributed by atoms with Crippen LogP contribution >= 0.6 is 0 Å². The summed E-state index contributed by atoms with van der Waals surface area (Å²) in [6.45, 7) is 4.32.